The van der Waals surface area contributed by atoms with Crippen molar-refractivity contribution in [1.29, 1.82) is 0 Å². The molecule has 0 saturated carbocycles. The van der Waals surface area contributed by atoms with E-state index in [1.165, 1.54) is 24.3 Å². The summed E-state index contributed by atoms with van der Waals surface area (Å²) in [5.41, 5.74) is 20.2. The molecule has 2 atom stereocenters. The third-order valence-electron chi connectivity index (χ3n) is 17.0. The Morgan fingerprint density at radius 3 is 1.07 bits per heavy atom. The molecule has 2 unspecified atom stereocenters. The first-order chi connectivity index (χ1) is 39.8. The lowest BCUT2D eigenvalue weighted by molar-refractivity contribution is 0.583. The standard InChI is InChI=1S/C76H56F4N2/c1-7-51-21-25-53(26-22-51)75(67-41-47(3)17-19-49(67)5)65-15-11-9-13-61(65)63-37-35-59(45-69(63)75)81(73-39-29-55(77)43-71(73)79)57-31-33-58(34-32-57)82(74-40-30-56(78)44-72(74)80)60-36-38-64-62-14-10-12-16-66(62)76(70(64)46-60,54-27-23-52(8-2)24-28-54)68-42-48(4)18-20-50(68)6/h7-46H,1-2H2,3-6H3. The van der Waals surface area contributed by atoms with E-state index < -0.39 is 34.1 Å². The maximum Gasteiger partial charge on any atom is 0.150 e. The summed E-state index contributed by atoms with van der Waals surface area (Å²) in [6.45, 7) is 16.6. The molecule has 398 valence electrons. The van der Waals surface area contributed by atoms with Crippen LogP contribution in [0.15, 0.2) is 244 Å². The van der Waals surface area contributed by atoms with Gasteiger partial charge in [0.05, 0.1) is 22.2 Å². The van der Waals surface area contributed by atoms with Crippen molar-refractivity contribution in [2.75, 3.05) is 9.80 Å². The van der Waals surface area contributed by atoms with Gasteiger partial charge in [-0.25, -0.2) is 17.6 Å². The molecule has 6 heteroatoms. The Bertz CT molecular complexity index is 4090. The summed E-state index contributed by atoms with van der Waals surface area (Å²) in [5.74, 6) is -2.92. The van der Waals surface area contributed by atoms with Crippen LogP contribution >= 0.6 is 0 Å². The highest BCUT2D eigenvalue weighted by Crippen LogP contribution is 2.60. The molecule has 11 aromatic carbocycles. The molecule has 2 aliphatic rings. The van der Waals surface area contributed by atoms with Gasteiger partial charge in [0, 0.05) is 34.9 Å². The van der Waals surface area contributed by atoms with E-state index in [0.29, 0.717) is 22.7 Å². The lowest BCUT2D eigenvalue weighted by atomic mass is 9.66. The molecular weight excluding hydrogens is 1020 g/mol. The number of rotatable bonds is 12. The van der Waals surface area contributed by atoms with Gasteiger partial charge in [0.2, 0.25) is 0 Å². The minimum absolute atomic E-state index is 0.126. The summed E-state index contributed by atoms with van der Waals surface area (Å²) in [7, 11) is 0. The molecule has 0 aliphatic heterocycles. The molecule has 0 bridgehead atoms. The van der Waals surface area contributed by atoms with E-state index in [-0.39, 0.29) is 11.4 Å². The molecule has 0 radical (unpaired) electrons. The third kappa shape index (κ3) is 8.07. The number of hydrogen-bond acceptors (Lipinski definition) is 2. The van der Waals surface area contributed by atoms with Gasteiger partial charge in [-0.3, -0.25) is 0 Å². The van der Waals surface area contributed by atoms with Crippen LogP contribution in [0.5, 0.6) is 0 Å². The van der Waals surface area contributed by atoms with Crippen LogP contribution in [-0.4, -0.2) is 0 Å². The zero-order valence-corrected chi connectivity index (χ0v) is 45.9. The minimum atomic E-state index is -0.809. The van der Waals surface area contributed by atoms with Gasteiger partial charge in [0.1, 0.15) is 23.3 Å². The van der Waals surface area contributed by atoms with E-state index in [4.69, 9.17) is 0 Å². The molecule has 2 nitrogen and oxygen atoms in total. The Morgan fingerprint density at radius 1 is 0.329 bits per heavy atom. The molecule has 2 aliphatic carbocycles. The van der Waals surface area contributed by atoms with E-state index in [2.05, 4.69) is 199 Å². The van der Waals surface area contributed by atoms with Gasteiger partial charge in [0.25, 0.3) is 0 Å². The zero-order valence-electron chi connectivity index (χ0n) is 45.9. The maximum absolute atomic E-state index is 16.8. The van der Waals surface area contributed by atoms with Crippen molar-refractivity contribution in [1.82, 2.24) is 0 Å². The number of aryl methyl sites for hydroxylation is 4. The fourth-order valence-corrected chi connectivity index (χ4v) is 13.3. The summed E-state index contributed by atoms with van der Waals surface area (Å²) < 4.78 is 63.6. The molecule has 11 aromatic rings. The molecule has 0 heterocycles. The molecule has 0 aromatic heterocycles. The smallest absolute Gasteiger partial charge is 0.150 e. The van der Waals surface area contributed by atoms with Gasteiger partial charge in [0.15, 0.2) is 0 Å². The summed E-state index contributed by atoms with van der Waals surface area (Å²) in [6, 6.07) is 74.4. The van der Waals surface area contributed by atoms with Crippen molar-refractivity contribution < 1.29 is 17.6 Å². The van der Waals surface area contributed by atoms with Gasteiger partial charge in [-0.15, -0.1) is 0 Å². The molecule has 0 saturated heterocycles. The molecule has 82 heavy (non-hydrogen) atoms. The summed E-state index contributed by atoms with van der Waals surface area (Å²) in [6.07, 6.45) is 3.68. The van der Waals surface area contributed by atoms with Crippen LogP contribution in [0.25, 0.3) is 34.4 Å². The summed E-state index contributed by atoms with van der Waals surface area (Å²) >= 11 is 0. The van der Waals surface area contributed by atoms with Crippen LogP contribution in [0.3, 0.4) is 0 Å². The Morgan fingerprint density at radius 2 is 0.695 bits per heavy atom. The third-order valence-corrected chi connectivity index (χ3v) is 17.0. The number of fused-ring (bicyclic) bond motifs is 6. The normalized spacial score (nSPS) is 15.5. The highest BCUT2D eigenvalue weighted by Gasteiger charge is 2.49. The quantitative estimate of drug-likeness (QED) is 0.113. The van der Waals surface area contributed by atoms with E-state index in [1.807, 2.05) is 58.4 Å². The molecule has 0 amide bonds. The SMILES string of the molecule is C=Cc1ccc(C2(c3cc(C)ccc3C)c3ccccc3-c3ccc(N(c4ccc(N(c5ccc6c(c5)C(c5ccc(C=C)cc5)(c5cc(C)ccc5C)c5ccccc5-6)c5ccc(F)cc5F)cc4)c4ccc(F)cc4F)cc32)cc1. The highest BCUT2D eigenvalue weighted by molar-refractivity contribution is 5.92. The number of anilines is 6. The van der Waals surface area contributed by atoms with Crippen LogP contribution < -0.4 is 9.80 Å². The molecule has 0 fully saturated rings. The largest absolute Gasteiger partial charge is 0.308 e. The number of benzene rings is 11. The lowest BCUT2D eigenvalue weighted by Gasteiger charge is -2.36. The molecule has 0 spiro atoms. The molecule has 13 rings (SSSR count). The van der Waals surface area contributed by atoms with Crippen molar-refractivity contribution in [2.24, 2.45) is 0 Å². The van der Waals surface area contributed by atoms with Gasteiger partial charge in [-0.1, -0.05) is 182 Å². The maximum atomic E-state index is 16.8. The lowest BCUT2D eigenvalue weighted by Crippen LogP contribution is -2.30. The van der Waals surface area contributed by atoms with E-state index in [9.17, 15) is 0 Å². The van der Waals surface area contributed by atoms with Crippen molar-refractivity contribution >= 4 is 46.3 Å². The van der Waals surface area contributed by atoms with Crippen LogP contribution in [0.1, 0.15) is 77.9 Å². The van der Waals surface area contributed by atoms with Crippen LogP contribution in [0.2, 0.25) is 0 Å². The highest BCUT2D eigenvalue weighted by atomic mass is 19.1. The van der Waals surface area contributed by atoms with Gasteiger partial charge in [-0.2, -0.15) is 0 Å². The van der Waals surface area contributed by atoms with E-state index in [0.717, 1.165) is 112 Å². The second-order valence-electron chi connectivity index (χ2n) is 21.7. The number of halogens is 4. The molecule has 0 N–H and O–H groups in total. The predicted molar refractivity (Wildman–Crippen MR) is 329 cm³/mol. The first-order valence-corrected chi connectivity index (χ1v) is 27.5. The van der Waals surface area contributed by atoms with Gasteiger partial charge >= 0.3 is 0 Å². The van der Waals surface area contributed by atoms with Crippen molar-refractivity contribution in [3.05, 3.63) is 345 Å². The van der Waals surface area contributed by atoms with Crippen LogP contribution in [-0.2, 0) is 10.8 Å². The first kappa shape index (κ1) is 51.6. The van der Waals surface area contributed by atoms with Crippen LogP contribution in [0.4, 0.5) is 51.7 Å². The zero-order chi connectivity index (χ0) is 56.6. The first-order valence-electron chi connectivity index (χ1n) is 27.5. The number of nitrogens with zero attached hydrogens (tertiary/aromatic N) is 2. The fraction of sp³-hybridized carbons (Fsp3) is 0.0789. The van der Waals surface area contributed by atoms with E-state index >= 15 is 17.6 Å². The van der Waals surface area contributed by atoms with Crippen molar-refractivity contribution in [3.8, 4) is 22.3 Å². The van der Waals surface area contributed by atoms with E-state index in [1.54, 1.807) is 0 Å². The number of hydrogen-bond donors (Lipinski definition) is 0. The van der Waals surface area contributed by atoms with Crippen molar-refractivity contribution in [3.63, 3.8) is 0 Å². The predicted octanol–water partition coefficient (Wildman–Crippen LogP) is 20.4. The summed E-state index contributed by atoms with van der Waals surface area (Å²) in [4.78, 5) is 3.62. The monoisotopic (exact) mass is 1070 g/mol. The Balaban J connectivity index is 1.01. The Hall–Kier alpha value is -9.78. The fourth-order valence-electron chi connectivity index (χ4n) is 13.3. The Kier molecular flexibility index (Phi) is 12.7. The van der Waals surface area contributed by atoms with Crippen molar-refractivity contribution in [2.45, 2.75) is 38.5 Å². The molecular formula is C76H56F4N2. The average Bonchev–Trinajstić information content (AvgIpc) is 1.90. The minimum Gasteiger partial charge on any atom is -0.308 e. The second-order valence-corrected chi connectivity index (χ2v) is 21.7. The second kappa shape index (κ2) is 20.1. The van der Waals surface area contributed by atoms with Gasteiger partial charge in [-0.05, 0) is 190 Å². The topological polar surface area (TPSA) is 6.48 Å². The van der Waals surface area contributed by atoms with Crippen LogP contribution in [0, 0.1) is 51.0 Å². The average molecular weight is 1070 g/mol. The van der Waals surface area contributed by atoms with Gasteiger partial charge < -0.3 is 9.80 Å². The Labute approximate surface area is 476 Å². The summed E-state index contributed by atoms with van der Waals surface area (Å²) in [5, 5.41) is 0.